The van der Waals surface area contributed by atoms with Crippen LogP contribution in [-0.4, -0.2) is 42.8 Å². The summed E-state index contributed by atoms with van der Waals surface area (Å²) >= 11 is 0.637. The molecule has 22 heavy (non-hydrogen) atoms. The summed E-state index contributed by atoms with van der Waals surface area (Å²) in [6.07, 6.45) is -0.670. The van der Waals surface area contributed by atoms with Crippen LogP contribution in [0.2, 0.25) is 0 Å². The SMILES string of the molecule is CC(C)(C)OC(=O)NCCC(=O)Nc1nnc(S(N)(=O)=O)s1. The van der Waals surface area contributed by atoms with Crippen LogP contribution in [0.15, 0.2) is 4.34 Å². The molecule has 0 radical (unpaired) electrons. The van der Waals surface area contributed by atoms with Crippen molar-refractivity contribution in [3.63, 3.8) is 0 Å². The zero-order chi connectivity index (χ0) is 17.0. The smallest absolute Gasteiger partial charge is 0.407 e. The maximum atomic E-state index is 11.6. The van der Waals surface area contributed by atoms with Crippen LogP contribution in [-0.2, 0) is 19.6 Å². The van der Waals surface area contributed by atoms with Crippen LogP contribution in [0.3, 0.4) is 0 Å². The van der Waals surface area contributed by atoms with Gasteiger partial charge in [0.15, 0.2) is 0 Å². The summed E-state index contributed by atoms with van der Waals surface area (Å²) in [5.74, 6) is -0.465. The highest BCUT2D eigenvalue weighted by Gasteiger charge is 2.17. The fourth-order valence-electron chi connectivity index (χ4n) is 1.15. The Morgan fingerprint density at radius 1 is 1.32 bits per heavy atom. The number of hydrogen-bond donors (Lipinski definition) is 3. The van der Waals surface area contributed by atoms with Crippen molar-refractivity contribution >= 4 is 38.5 Å². The Balaban J connectivity index is 2.38. The van der Waals surface area contributed by atoms with Crippen molar-refractivity contribution in [2.45, 2.75) is 37.1 Å². The standard InChI is InChI=1S/C10H17N5O5S2/c1-10(2,3)20-8(17)12-5-4-6(16)13-7-14-15-9(21-7)22(11,18)19/h4-5H2,1-3H3,(H,12,17)(H2,11,18,19)(H,13,14,16). The van der Waals surface area contributed by atoms with Crippen LogP contribution in [0.25, 0.3) is 0 Å². The molecule has 1 aromatic heterocycles. The molecular weight excluding hydrogens is 334 g/mol. The van der Waals surface area contributed by atoms with Gasteiger partial charge in [-0.3, -0.25) is 4.79 Å². The van der Waals surface area contributed by atoms with Crippen molar-refractivity contribution in [3.8, 4) is 0 Å². The topological polar surface area (TPSA) is 153 Å². The Hall–Kier alpha value is -1.79. The van der Waals surface area contributed by atoms with Gasteiger partial charge in [0.1, 0.15) is 5.60 Å². The van der Waals surface area contributed by atoms with Crippen molar-refractivity contribution in [2.75, 3.05) is 11.9 Å². The first-order valence-electron chi connectivity index (χ1n) is 6.10. The number of carbonyl (C=O) groups is 2. The van der Waals surface area contributed by atoms with E-state index in [1.807, 2.05) is 0 Å². The number of primary sulfonamides is 1. The molecule has 0 saturated carbocycles. The van der Waals surface area contributed by atoms with Crippen LogP contribution in [0, 0.1) is 0 Å². The molecule has 0 saturated heterocycles. The normalized spacial score (nSPS) is 11.8. The van der Waals surface area contributed by atoms with Crippen LogP contribution in [0.1, 0.15) is 27.2 Å². The van der Waals surface area contributed by atoms with Crippen LogP contribution in [0.5, 0.6) is 0 Å². The van der Waals surface area contributed by atoms with Crippen LogP contribution in [0.4, 0.5) is 9.93 Å². The summed E-state index contributed by atoms with van der Waals surface area (Å²) in [6, 6.07) is 0. The molecule has 0 atom stereocenters. The molecule has 2 amide bonds. The zero-order valence-electron chi connectivity index (χ0n) is 12.2. The third-order valence-electron chi connectivity index (χ3n) is 1.92. The lowest BCUT2D eigenvalue weighted by Crippen LogP contribution is -2.34. The molecule has 1 heterocycles. The van der Waals surface area contributed by atoms with Gasteiger partial charge in [0, 0.05) is 13.0 Å². The summed E-state index contributed by atoms with van der Waals surface area (Å²) in [5, 5.41) is 16.5. The fraction of sp³-hybridized carbons (Fsp3) is 0.600. The van der Waals surface area contributed by atoms with E-state index in [2.05, 4.69) is 20.8 Å². The van der Waals surface area contributed by atoms with Gasteiger partial charge >= 0.3 is 6.09 Å². The molecule has 0 unspecified atom stereocenters. The Kier molecular flexibility index (Phi) is 5.79. The monoisotopic (exact) mass is 351 g/mol. The molecule has 0 aromatic carbocycles. The van der Waals surface area contributed by atoms with Crippen molar-refractivity contribution in [1.29, 1.82) is 0 Å². The van der Waals surface area contributed by atoms with Crippen molar-refractivity contribution in [3.05, 3.63) is 0 Å². The molecular formula is C10H17N5O5S2. The second-order valence-corrected chi connectivity index (χ2v) is 7.86. The highest BCUT2D eigenvalue weighted by Crippen LogP contribution is 2.18. The van der Waals surface area contributed by atoms with Gasteiger partial charge in [0.25, 0.3) is 10.0 Å². The van der Waals surface area contributed by atoms with E-state index >= 15 is 0 Å². The summed E-state index contributed by atoms with van der Waals surface area (Å²) in [4.78, 5) is 22.9. The fourth-order valence-corrected chi connectivity index (χ4v) is 2.50. The zero-order valence-corrected chi connectivity index (χ0v) is 13.9. The third-order valence-corrected chi connectivity index (χ3v) is 4.07. The molecule has 0 aliphatic rings. The van der Waals surface area contributed by atoms with Gasteiger partial charge in [-0.15, -0.1) is 10.2 Å². The molecule has 0 aliphatic carbocycles. The van der Waals surface area contributed by atoms with E-state index in [4.69, 9.17) is 9.88 Å². The number of nitrogens with one attached hydrogen (secondary N) is 2. The number of hydrogen-bond acceptors (Lipinski definition) is 8. The molecule has 124 valence electrons. The maximum absolute atomic E-state index is 11.6. The van der Waals surface area contributed by atoms with E-state index in [1.54, 1.807) is 20.8 Å². The minimum Gasteiger partial charge on any atom is -0.444 e. The molecule has 12 heteroatoms. The molecule has 0 spiro atoms. The van der Waals surface area contributed by atoms with E-state index < -0.39 is 32.0 Å². The number of anilines is 1. The summed E-state index contributed by atoms with van der Waals surface area (Å²) in [6.45, 7) is 5.22. The van der Waals surface area contributed by atoms with Crippen LogP contribution >= 0.6 is 11.3 Å². The number of aromatic nitrogens is 2. The average Bonchev–Trinajstić information content (AvgIpc) is 2.74. The van der Waals surface area contributed by atoms with Gasteiger partial charge < -0.3 is 15.4 Å². The number of nitrogens with zero attached hydrogens (tertiary/aromatic N) is 2. The second-order valence-electron chi connectivity index (χ2n) is 5.14. The van der Waals surface area contributed by atoms with Gasteiger partial charge in [-0.05, 0) is 20.8 Å². The minimum absolute atomic E-state index is 0.00583. The van der Waals surface area contributed by atoms with Gasteiger partial charge in [0.2, 0.25) is 15.4 Å². The number of carbonyl (C=O) groups excluding carboxylic acids is 2. The van der Waals surface area contributed by atoms with E-state index in [0.29, 0.717) is 11.3 Å². The van der Waals surface area contributed by atoms with Gasteiger partial charge in [-0.25, -0.2) is 18.4 Å². The number of amides is 2. The van der Waals surface area contributed by atoms with Crippen LogP contribution < -0.4 is 15.8 Å². The largest absolute Gasteiger partial charge is 0.444 e. The lowest BCUT2D eigenvalue weighted by atomic mass is 10.2. The summed E-state index contributed by atoms with van der Waals surface area (Å²) in [5.41, 5.74) is -0.622. The van der Waals surface area contributed by atoms with Gasteiger partial charge in [-0.1, -0.05) is 11.3 Å². The quantitative estimate of drug-likeness (QED) is 0.633. The predicted molar refractivity (Wildman–Crippen MR) is 78.8 cm³/mol. The summed E-state index contributed by atoms with van der Waals surface area (Å²) < 4.78 is 26.6. The predicted octanol–water partition coefficient (Wildman–Crippen LogP) is 0.0388. The molecule has 10 nitrogen and oxygen atoms in total. The highest BCUT2D eigenvalue weighted by atomic mass is 32.2. The first kappa shape index (κ1) is 18.3. The lowest BCUT2D eigenvalue weighted by Gasteiger charge is -2.19. The van der Waals surface area contributed by atoms with Gasteiger partial charge in [0.05, 0.1) is 0 Å². The number of sulfonamides is 1. The Bertz CT molecular complexity index is 649. The third kappa shape index (κ3) is 6.78. The van der Waals surface area contributed by atoms with E-state index in [9.17, 15) is 18.0 Å². The number of nitrogens with two attached hydrogens (primary N) is 1. The number of ether oxygens (including phenoxy) is 1. The first-order chi connectivity index (χ1) is 9.97. The molecule has 0 aliphatic heterocycles. The highest BCUT2D eigenvalue weighted by molar-refractivity contribution is 7.91. The Morgan fingerprint density at radius 3 is 2.45 bits per heavy atom. The molecule has 0 bridgehead atoms. The second kappa shape index (κ2) is 6.98. The minimum atomic E-state index is -3.94. The average molecular weight is 351 g/mol. The van der Waals surface area contributed by atoms with Gasteiger partial charge in [-0.2, -0.15) is 0 Å². The van der Waals surface area contributed by atoms with E-state index in [0.717, 1.165) is 0 Å². The van der Waals surface area contributed by atoms with E-state index in [1.165, 1.54) is 0 Å². The van der Waals surface area contributed by atoms with Crippen molar-refractivity contribution < 1.29 is 22.7 Å². The Morgan fingerprint density at radius 2 is 1.95 bits per heavy atom. The lowest BCUT2D eigenvalue weighted by molar-refractivity contribution is -0.116. The summed E-state index contributed by atoms with van der Waals surface area (Å²) in [7, 11) is -3.94. The molecule has 0 fully saturated rings. The molecule has 1 aromatic rings. The van der Waals surface area contributed by atoms with Crippen molar-refractivity contribution in [2.24, 2.45) is 5.14 Å². The maximum Gasteiger partial charge on any atom is 0.407 e. The van der Waals surface area contributed by atoms with E-state index in [-0.39, 0.29) is 18.1 Å². The molecule has 4 N–H and O–H groups in total. The first-order valence-corrected chi connectivity index (χ1v) is 8.47. The Labute approximate surface area is 131 Å². The number of alkyl carbamates (subject to hydrolysis) is 1. The van der Waals surface area contributed by atoms with Crippen molar-refractivity contribution in [1.82, 2.24) is 15.5 Å². The number of rotatable bonds is 5. The molecule has 1 rings (SSSR count).